The topological polar surface area (TPSA) is 58.1 Å². The van der Waals surface area contributed by atoms with Crippen LogP contribution in [-0.2, 0) is 11.3 Å². The van der Waals surface area contributed by atoms with Crippen molar-refractivity contribution in [3.8, 4) is 5.75 Å². The molecule has 6 heteroatoms. The Balaban J connectivity index is 2.35. The van der Waals surface area contributed by atoms with E-state index in [2.05, 4.69) is 53.7 Å². The van der Waals surface area contributed by atoms with Crippen LogP contribution in [0.2, 0.25) is 0 Å². The van der Waals surface area contributed by atoms with Crippen molar-refractivity contribution < 1.29 is 9.47 Å². The molecule has 6 nitrogen and oxygen atoms in total. The number of nitrogens with zero attached hydrogens (tertiary/aromatic N) is 2. The summed E-state index contributed by atoms with van der Waals surface area (Å²) in [6.45, 7) is 5.18. The molecule has 0 saturated heterocycles. The van der Waals surface area contributed by atoms with E-state index in [9.17, 15) is 0 Å². The molecule has 0 fully saturated rings. The summed E-state index contributed by atoms with van der Waals surface area (Å²) in [6, 6.07) is 8.37. The minimum Gasteiger partial charge on any atom is -0.494 e. The summed E-state index contributed by atoms with van der Waals surface area (Å²) in [5.41, 5.74) is 1.18. The zero-order chi connectivity index (χ0) is 17.8. The van der Waals surface area contributed by atoms with Crippen LogP contribution in [0.25, 0.3) is 0 Å². The fraction of sp³-hybridized carbons (Fsp3) is 0.611. The number of hydrogen-bond donors (Lipinski definition) is 2. The van der Waals surface area contributed by atoms with Crippen LogP contribution in [-0.4, -0.2) is 64.9 Å². The molecule has 1 aromatic rings. The number of aliphatic imine (C=N–C) groups is 1. The monoisotopic (exact) mass is 336 g/mol. The van der Waals surface area contributed by atoms with Gasteiger partial charge in [-0.1, -0.05) is 12.1 Å². The third-order valence-corrected chi connectivity index (χ3v) is 3.43. The standard InChI is InChI=1S/C18H32N4O2/c1-15(14-23-5)21-18(19-2)20-13-16-7-9-17(10-8-16)24-12-6-11-22(3)4/h7-10,15H,6,11-14H2,1-5H3,(H2,19,20,21). The SMILES string of the molecule is CN=C(NCc1ccc(OCCCN(C)C)cc1)NC(C)COC. The highest BCUT2D eigenvalue weighted by atomic mass is 16.5. The Hall–Kier alpha value is -1.79. The Bertz CT molecular complexity index is 474. The summed E-state index contributed by atoms with van der Waals surface area (Å²) < 4.78 is 10.9. The number of benzene rings is 1. The molecule has 24 heavy (non-hydrogen) atoms. The van der Waals surface area contributed by atoms with Crippen LogP contribution in [0.4, 0.5) is 0 Å². The summed E-state index contributed by atoms with van der Waals surface area (Å²) >= 11 is 0. The van der Waals surface area contributed by atoms with E-state index in [0.717, 1.165) is 31.3 Å². The summed E-state index contributed by atoms with van der Waals surface area (Å²) in [4.78, 5) is 6.38. The van der Waals surface area contributed by atoms with Gasteiger partial charge in [0.2, 0.25) is 0 Å². The van der Waals surface area contributed by atoms with Crippen molar-refractivity contribution in [2.45, 2.75) is 25.9 Å². The number of hydrogen-bond acceptors (Lipinski definition) is 4. The first-order chi connectivity index (χ1) is 11.5. The molecule has 0 aliphatic heterocycles. The second-order valence-corrected chi connectivity index (χ2v) is 6.08. The van der Waals surface area contributed by atoms with Gasteiger partial charge in [0.15, 0.2) is 5.96 Å². The highest BCUT2D eigenvalue weighted by Crippen LogP contribution is 2.12. The van der Waals surface area contributed by atoms with Crippen LogP contribution in [0, 0.1) is 0 Å². The van der Waals surface area contributed by atoms with Crippen molar-refractivity contribution in [3.05, 3.63) is 29.8 Å². The first kappa shape index (κ1) is 20.3. The molecular weight excluding hydrogens is 304 g/mol. The average molecular weight is 336 g/mol. The maximum absolute atomic E-state index is 5.74. The van der Waals surface area contributed by atoms with Gasteiger partial charge in [0.1, 0.15) is 5.75 Å². The third kappa shape index (κ3) is 8.74. The summed E-state index contributed by atoms with van der Waals surface area (Å²) in [7, 11) is 7.60. The molecule has 0 bridgehead atoms. The van der Waals surface area contributed by atoms with Crippen LogP contribution >= 0.6 is 0 Å². The molecule has 0 radical (unpaired) electrons. The quantitative estimate of drug-likeness (QED) is 0.387. The minimum absolute atomic E-state index is 0.208. The molecule has 136 valence electrons. The van der Waals surface area contributed by atoms with Crippen molar-refractivity contribution in [3.63, 3.8) is 0 Å². The van der Waals surface area contributed by atoms with E-state index in [-0.39, 0.29) is 6.04 Å². The highest BCUT2D eigenvalue weighted by molar-refractivity contribution is 5.79. The molecule has 2 N–H and O–H groups in total. The Labute approximate surface area is 146 Å². The number of nitrogens with one attached hydrogen (secondary N) is 2. The van der Waals surface area contributed by atoms with E-state index in [4.69, 9.17) is 9.47 Å². The van der Waals surface area contributed by atoms with Crippen molar-refractivity contribution in [1.82, 2.24) is 15.5 Å². The predicted molar refractivity (Wildman–Crippen MR) is 99.8 cm³/mol. The largest absolute Gasteiger partial charge is 0.494 e. The van der Waals surface area contributed by atoms with E-state index >= 15 is 0 Å². The maximum atomic E-state index is 5.74. The van der Waals surface area contributed by atoms with Gasteiger partial charge in [0, 0.05) is 33.3 Å². The van der Waals surface area contributed by atoms with Gasteiger partial charge >= 0.3 is 0 Å². The van der Waals surface area contributed by atoms with Crippen molar-refractivity contribution >= 4 is 5.96 Å². The molecule has 0 heterocycles. The normalized spacial score (nSPS) is 13.0. The van der Waals surface area contributed by atoms with E-state index in [1.54, 1.807) is 14.2 Å². The van der Waals surface area contributed by atoms with Gasteiger partial charge in [-0.15, -0.1) is 0 Å². The van der Waals surface area contributed by atoms with Crippen LogP contribution in [0.5, 0.6) is 5.75 Å². The number of methoxy groups -OCH3 is 1. The van der Waals surface area contributed by atoms with Crippen molar-refractivity contribution in [1.29, 1.82) is 0 Å². The number of ether oxygens (including phenoxy) is 2. The molecular formula is C18H32N4O2. The van der Waals surface area contributed by atoms with Gasteiger partial charge in [-0.2, -0.15) is 0 Å². The van der Waals surface area contributed by atoms with Crippen LogP contribution in [0.1, 0.15) is 18.9 Å². The molecule has 1 unspecified atom stereocenters. The number of rotatable bonds is 10. The lowest BCUT2D eigenvalue weighted by atomic mass is 10.2. The van der Waals surface area contributed by atoms with E-state index in [0.29, 0.717) is 13.2 Å². The Morgan fingerprint density at radius 3 is 2.54 bits per heavy atom. The van der Waals surface area contributed by atoms with Gasteiger partial charge in [-0.05, 0) is 45.1 Å². The highest BCUT2D eigenvalue weighted by Gasteiger charge is 2.04. The maximum Gasteiger partial charge on any atom is 0.191 e. The second kappa shape index (κ2) is 11.7. The Kier molecular flexibility index (Phi) is 9.88. The smallest absolute Gasteiger partial charge is 0.191 e. The average Bonchev–Trinajstić information content (AvgIpc) is 2.56. The third-order valence-electron chi connectivity index (χ3n) is 3.43. The Morgan fingerprint density at radius 2 is 1.96 bits per heavy atom. The van der Waals surface area contributed by atoms with E-state index < -0.39 is 0 Å². The molecule has 1 atom stereocenters. The fourth-order valence-corrected chi connectivity index (χ4v) is 2.18. The predicted octanol–water partition coefficient (Wildman–Crippen LogP) is 1.72. The van der Waals surface area contributed by atoms with Gasteiger partial charge < -0.3 is 25.0 Å². The second-order valence-electron chi connectivity index (χ2n) is 6.08. The van der Waals surface area contributed by atoms with E-state index in [1.807, 2.05) is 12.1 Å². The molecule has 1 rings (SSSR count). The van der Waals surface area contributed by atoms with Gasteiger partial charge in [-0.25, -0.2) is 0 Å². The summed E-state index contributed by atoms with van der Waals surface area (Å²) in [5.74, 6) is 1.68. The van der Waals surface area contributed by atoms with Gasteiger partial charge in [0.25, 0.3) is 0 Å². The zero-order valence-electron chi connectivity index (χ0n) is 15.6. The minimum atomic E-state index is 0.208. The Morgan fingerprint density at radius 1 is 1.25 bits per heavy atom. The van der Waals surface area contributed by atoms with Crippen LogP contribution in [0.3, 0.4) is 0 Å². The number of guanidine groups is 1. The zero-order valence-corrected chi connectivity index (χ0v) is 15.6. The van der Waals surface area contributed by atoms with Crippen LogP contribution in [0.15, 0.2) is 29.3 Å². The fourth-order valence-electron chi connectivity index (χ4n) is 2.18. The van der Waals surface area contributed by atoms with E-state index in [1.165, 1.54) is 5.56 Å². The molecule has 0 aromatic heterocycles. The molecule has 0 spiro atoms. The molecule has 0 aliphatic carbocycles. The first-order valence-electron chi connectivity index (χ1n) is 8.37. The van der Waals surface area contributed by atoms with Gasteiger partial charge in [0.05, 0.1) is 13.2 Å². The summed E-state index contributed by atoms with van der Waals surface area (Å²) in [6.07, 6.45) is 1.03. The molecule has 1 aromatic carbocycles. The lowest BCUT2D eigenvalue weighted by molar-refractivity contribution is 0.179. The summed E-state index contributed by atoms with van der Waals surface area (Å²) in [5, 5.41) is 6.57. The van der Waals surface area contributed by atoms with Crippen LogP contribution < -0.4 is 15.4 Å². The lowest BCUT2D eigenvalue weighted by Crippen LogP contribution is -2.43. The van der Waals surface area contributed by atoms with Crippen molar-refractivity contribution in [2.24, 2.45) is 4.99 Å². The molecule has 0 amide bonds. The lowest BCUT2D eigenvalue weighted by Gasteiger charge is -2.17. The van der Waals surface area contributed by atoms with Gasteiger partial charge in [-0.3, -0.25) is 4.99 Å². The molecule has 0 saturated carbocycles. The molecule has 0 aliphatic rings. The van der Waals surface area contributed by atoms with Crippen molar-refractivity contribution in [2.75, 3.05) is 48.0 Å². The first-order valence-corrected chi connectivity index (χ1v) is 8.37.